The minimum atomic E-state index is -1.17. The first-order chi connectivity index (χ1) is 13.8. The highest BCUT2D eigenvalue weighted by Crippen LogP contribution is 2.33. The molecule has 0 saturated carbocycles. The zero-order valence-corrected chi connectivity index (χ0v) is 16.9. The van der Waals surface area contributed by atoms with E-state index in [1.54, 1.807) is 11.8 Å². The highest BCUT2D eigenvalue weighted by Gasteiger charge is 2.50. The van der Waals surface area contributed by atoms with Crippen LogP contribution in [0, 0.1) is 6.92 Å². The molecule has 150 valence electrons. The molecular weight excluding hydrogens is 366 g/mol. The maximum Gasteiger partial charge on any atom is 0.325 e. The van der Waals surface area contributed by atoms with Crippen LogP contribution in [0.25, 0.3) is 0 Å². The quantitative estimate of drug-likeness (QED) is 0.818. The molecule has 2 heterocycles. The third-order valence-corrected chi connectivity index (χ3v) is 6.04. The molecule has 2 aromatic carbocycles. The number of carbonyl (C=O) groups is 3. The molecular formula is C23H25N3O3. The van der Waals surface area contributed by atoms with Gasteiger partial charge in [-0.3, -0.25) is 14.5 Å². The Bertz CT molecular complexity index is 1000. The minimum Gasteiger partial charge on any atom is -0.319 e. The summed E-state index contributed by atoms with van der Waals surface area (Å²) in [6, 6.07) is 14.8. The van der Waals surface area contributed by atoms with Gasteiger partial charge in [-0.1, -0.05) is 42.5 Å². The van der Waals surface area contributed by atoms with Crippen LogP contribution in [0.3, 0.4) is 0 Å². The third-order valence-electron chi connectivity index (χ3n) is 6.04. The van der Waals surface area contributed by atoms with Crippen molar-refractivity contribution in [2.45, 2.75) is 45.2 Å². The number of nitrogens with zero attached hydrogens (tertiary/aromatic N) is 2. The van der Waals surface area contributed by atoms with E-state index in [-0.39, 0.29) is 18.5 Å². The lowest BCUT2D eigenvalue weighted by Gasteiger charge is -2.36. The van der Waals surface area contributed by atoms with Gasteiger partial charge in [0, 0.05) is 11.7 Å². The lowest BCUT2D eigenvalue weighted by Crippen LogP contribution is -2.49. The van der Waals surface area contributed by atoms with Crippen LogP contribution in [0.4, 0.5) is 10.5 Å². The molecule has 2 unspecified atom stereocenters. The number of hydrogen-bond donors (Lipinski definition) is 1. The average molecular weight is 391 g/mol. The summed E-state index contributed by atoms with van der Waals surface area (Å²) in [5.41, 5.74) is 2.46. The van der Waals surface area contributed by atoms with Crippen LogP contribution < -0.4 is 10.2 Å². The first-order valence-electron chi connectivity index (χ1n) is 9.93. The molecule has 2 aliphatic rings. The molecule has 4 rings (SSSR count). The molecule has 0 spiro atoms. The molecule has 6 heteroatoms. The Balaban J connectivity index is 1.60. The van der Waals surface area contributed by atoms with Crippen molar-refractivity contribution in [2.24, 2.45) is 0 Å². The fourth-order valence-corrected chi connectivity index (χ4v) is 4.44. The number of rotatable bonds is 3. The lowest BCUT2D eigenvalue weighted by molar-refractivity contribution is -0.134. The van der Waals surface area contributed by atoms with Crippen molar-refractivity contribution in [3.8, 4) is 0 Å². The Morgan fingerprint density at radius 1 is 1.14 bits per heavy atom. The Hall–Kier alpha value is -3.15. The molecule has 4 amide bonds. The summed E-state index contributed by atoms with van der Waals surface area (Å²) in [6.45, 7) is 5.32. The summed E-state index contributed by atoms with van der Waals surface area (Å²) in [6.07, 6.45) is 1.76. The van der Waals surface area contributed by atoms with Gasteiger partial charge >= 0.3 is 6.03 Å². The fraction of sp³-hybridized carbons (Fsp3) is 0.348. The number of hydrogen-bond acceptors (Lipinski definition) is 3. The Labute approximate surface area is 170 Å². The van der Waals surface area contributed by atoms with Crippen LogP contribution in [0.15, 0.2) is 48.5 Å². The first kappa shape index (κ1) is 19.2. The van der Waals surface area contributed by atoms with Gasteiger partial charge in [0.2, 0.25) is 5.91 Å². The van der Waals surface area contributed by atoms with Crippen molar-refractivity contribution in [3.63, 3.8) is 0 Å². The Kier molecular flexibility index (Phi) is 4.65. The van der Waals surface area contributed by atoms with E-state index in [0.717, 1.165) is 40.1 Å². The van der Waals surface area contributed by atoms with E-state index < -0.39 is 17.5 Å². The van der Waals surface area contributed by atoms with E-state index in [1.807, 2.05) is 62.4 Å². The van der Waals surface area contributed by atoms with Gasteiger partial charge in [0.25, 0.3) is 5.91 Å². The number of urea groups is 1. The molecule has 0 bridgehead atoms. The topological polar surface area (TPSA) is 69.7 Å². The molecule has 1 saturated heterocycles. The maximum absolute atomic E-state index is 13.2. The number of nitrogens with one attached hydrogen (secondary N) is 1. The molecule has 2 aliphatic heterocycles. The summed E-state index contributed by atoms with van der Waals surface area (Å²) in [5, 5.41) is 2.79. The van der Waals surface area contributed by atoms with Crippen LogP contribution in [0.2, 0.25) is 0 Å². The molecule has 29 heavy (non-hydrogen) atoms. The zero-order valence-electron chi connectivity index (χ0n) is 16.9. The Morgan fingerprint density at radius 2 is 1.83 bits per heavy atom. The van der Waals surface area contributed by atoms with E-state index in [0.29, 0.717) is 0 Å². The largest absolute Gasteiger partial charge is 0.325 e. The Morgan fingerprint density at radius 3 is 2.59 bits per heavy atom. The molecule has 2 aromatic rings. The number of anilines is 1. The van der Waals surface area contributed by atoms with Crippen molar-refractivity contribution in [2.75, 3.05) is 11.4 Å². The summed E-state index contributed by atoms with van der Waals surface area (Å²) in [7, 11) is 0. The number of fused-ring (bicyclic) bond motifs is 1. The third kappa shape index (κ3) is 3.09. The standard InChI is InChI=1S/C23H25N3O3/c1-15-8-4-6-10-18(15)23(3)21(28)25(22(29)24-23)14-20(27)26-16(2)12-13-17-9-5-7-11-19(17)26/h4-11,16H,12-14H2,1-3H3,(H,24,29). The molecule has 1 N–H and O–H groups in total. The van der Waals surface area contributed by atoms with Gasteiger partial charge < -0.3 is 10.2 Å². The van der Waals surface area contributed by atoms with E-state index in [9.17, 15) is 14.4 Å². The molecule has 1 fully saturated rings. The predicted octanol–water partition coefficient (Wildman–Crippen LogP) is 3.13. The van der Waals surface area contributed by atoms with Crippen LogP contribution in [0.1, 0.15) is 37.0 Å². The van der Waals surface area contributed by atoms with Gasteiger partial charge in [0.1, 0.15) is 12.1 Å². The van der Waals surface area contributed by atoms with Crippen LogP contribution in [0.5, 0.6) is 0 Å². The van der Waals surface area contributed by atoms with Gasteiger partial charge in [-0.15, -0.1) is 0 Å². The summed E-state index contributed by atoms with van der Waals surface area (Å²) in [4.78, 5) is 41.8. The van der Waals surface area contributed by atoms with E-state index >= 15 is 0 Å². The van der Waals surface area contributed by atoms with Crippen molar-refractivity contribution < 1.29 is 14.4 Å². The smallest absolute Gasteiger partial charge is 0.319 e. The van der Waals surface area contributed by atoms with Crippen molar-refractivity contribution in [1.82, 2.24) is 10.2 Å². The van der Waals surface area contributed by atoms with Crippen LogP contribution in [-0.4, -0.2) is 35.3 Å². The number of aryl methyl sites for hydroxylation is 2. The fourth-order valence-electron chi connectivity index (χ4n) is 4.44. The maximum atomic E-state index is 13.2. The van der Waals surface area contributed by atoms with Gasteiger partial charge in [-0.05, 0) is 56.4 Å². The van der Waals surface area contributed by atoms with Crippen LogP contribution in [-0.2, 0) is 21.5 Å². The molecule has 2 atom stereocenters. The number of benzene rings is 2. The molecule has 0 aromatic heterocycles. The number of imide groups is 1. The van der Waals surface area contributed by atoms with Crippen molar-refractivity contribution in [3.05, 3.63) is 65.2 Å². The summed E-state index contributed by atoms with van der Waals surface area (Å²) < 4.78 is 0. The second-order valence-electron chi connectivity index (χ2n) is 8.04. The molecule has 0 radical (unpaired) electrons. The first-order valence-corrected chi connectivity index (χ1v) is 9.93. The molecule has 6 nitrogen and oxygen atoms in total. The number of carbonyl (C=O) groups excluding carboxylic acids is 3. The highest BCUT2D eigenvalue weighted by atomic mass is 16.2. The second kappa shape index (κ2) is 7.03. The average Bonchev–Trinajstić information content (AvgIpc) is 2.92. The normalized spacial score (nSPS) is 23.8. The lowest BCUT2D eigenvalue weighted by atomic mass is 9.88. The number of amides is 4. The van der Waals surface area contributed by atoms with Gasteiger partial charge in [0.05, 0.1) is 0 Å². The van der Waals surface area contributed by atoms with Gasteiger partial charge in [-0.25, -0.2) is 4.79 Å². The second-order valence-corrected chi connectivity index (χ2v) is 8.04. The van der Waals surface area contributed by atoms with E-state index in [4.69, 9.17) is 0 Å². The van der Waals surface area contributed by atoms with Crippen LogP contribution >= 0.6 is 0 Å². The van der Waals surface area contributed by atoms with Crippen molar-refractivity contribution >= 4 is 23.5 Å². The highest BCUT2D eigenvalue weighted by molar-refractivity contribution is 6.10. The van der Waals surface area contributed by atoms with E-state index in [1.165, 1.54) is 0 Å². The summed E-state index contributed by atoms with van der Waals surface area (Å²) in [5.74, 6) is -0.648. The zero-order chi connectivity index (χ0) is 20.8. The number of para-hydroxylation sites is 1. The monoisotopic (exact) mass is 391 g/mol. The predicted molar refractivity (Wildman–Crippen MR) is 110 cm³/mol. The van der Waals surface area contributed by atoms with Gasteiger partial charge in [-0.2, -0.15) is 0 Å². The SMILES string of the molecule is Cc1ccccc1C1(C)NC(=O)N(CC(=O)N2c3ccccc3CCC2C)C1=O. The van der Waals surface area contributed by atoms with Crippen molar-refractivity contribution in [1.29, 1.82) is 0 Å². The molecule has 0 aliphatic carbocycles. The van der Waals surface area contributed by atoms with E-state index in [2.05, 4.69) is 5.32 Å². The minimum absolute atomic E-state index is 0.0147. The van der Waals surface area contributed by atoms with Gasteiger partial charge in [0.15, 0.2) is 0 Å². The summed E-state index contributed by atoms with van der Waals surface area (Å²) >= 11 is 0.